The Hall–Kier alpha value is -2.39. The van der Waals surface area contributed by atoms with Crippen molar-refractivity contribution in [1.29, 1.82) is 0 Å². The molecule has 106 valence electrons. The lowest BCUT2D eigenvalue weighted by Crippen LogP contribution is -2.13. The molecule has 0 saturated carbocycles. The van der Waals surface area contributed by atoms with E-state index in [-0.39, 0.29) is 6.04 Å². The lowest BCUT2D eigenvalue weighted by molar-refractivity contribution is 0.876. The summed E-state index contributed by atoms with van der Waals surface area (Å²) in [6.45, 7) is 0. The SMILES string of the molecule is CN(C)c1ccc(C(N)c2cccc3cccnc23)cc1. The number of nitrogens with zero attached hydrogens (tertiary/aromatic N) is 2. The fraction of sp³-hybridized carbons (Fsp3) is 0.167. The van der Waals surface area contributed by atoms with E-state index in [2.05, 4.69) is 52.3 Å². The average Bonchev–Trinajstić information content (AvgIpc) is 2.53. The van der Waals surface area contributed by atoms with Gasteiger partial charge in [-0.25, -0.2) is 0 Å². The normalized spacial score (nSPS) is 12.3. The number of aromatic nitrogens is 1. The largest absolute Gasteiger partial charge is 0.378 e. The predicted molar refractivity (Wildman–Crippen MR) is 88.5 cm³/mol. The van der Waals surface area contributed by atoms with E-state index in [0.29, 0.717) is 0 Å². The smallest absolute Gasteiger partial charge is 0.0753 e. The maximum Gasteiger partial charge on any atom is 0.0753 e. The maximum absolute atomic E-state index is 6.45. The van der Waals surface area contributed by atoms with E-state index in [9.17, 15) is 0 Å². The Labute approximate surface area is 125 Å². The zero-order valence-corrected chi connectivity index (χ0v) is 12.3. The molecule has 0 aliphatic carbocycles. The summed E-state index contributed by atoms with van der Waals surface area (Å²) >= 11 is 0. The minimum atomic E-state index is -0.167. The first-order valence-corrected chi connectivity index (χ1v) is 7.03. The van der Waals surface area contributed by atoms with E-state index >= 15 is 0 Å². The lowest BCUT2D eigenvalue weighted by atomic mass is 9.97. The molecular weight excluding hydrogens is 258 g/mol. The van der Waals surface area contributed by atoms with Crippen LogP contribution in [0.3, 0.4) is 0 Å². The van der Waals surface area contributed by atoms with Crippen molar-refractivity contribution >= 4 is 16.6 Å². The summed E-state index contributed by atoms with van der Waals surface area (Å²) in [6.07, 6.45) is 1.81. The summed E-state index contributed by atoms with van der Waals surface area (Å²) in [5.41, 5.74) is 10.8. The fourth-order valence-electron chi connectivity index (χ4n) is 2.54. The summed E-state index contributed by atoms with van der Waals surface area (Å²) in [6, 6.07) is 18.4. The first-order chi connectivity index (χ1) is 10.2. The molecule has 2 N–H and O–H groups in total. The third-order valence-electron chi connectivity index (χ3n) is 3.77. The topological polar surface area (TPSA) is 42.1 Å². The van der Waals surface area contributed by atoms with Gasteiger partial charge in [-0.2, -0.15) is 0 Å². The highest BCUT2D eigenvalue weighted by atomic mass is 15.1. The molecule has 1 heterocycles. The molecule has 21 heavy (non-hydrogen) atoms. The van der Waals surface area contributed by atoms with Gasteiger partial charge >= 0.3 is 0 Å². The molecule has 2 aromatic carbocycles. The Bertz CT molecular complexity index is 743. The fourth-order valence-corrected chi connectivity index (χ4v) is 2.54. The van der Waals surface area contributed by atoms with Gasteiger partial charge in [-0.15, -0.1) is 0 Å². The highest BCUT2D eigenvalue weighted by Crippen LogP contribution is 2.26. The van der Waals surface area contributed by atoms with Gasteiger partial charge in [0, 0.05) is 31.4 Å². The van der Waals surface area contributed by atoms with Gasteiger partial charge in [0.2, 0.25) is 0 Å². The number of anilines is 1. The number of benzene rings is 2. The van der Waals surface area contributed by atoms with Crippen LogP contribution in [0.5, 0.6) is 0 Å². The first kappa shape index (κ1) is 13.6. The van der Waals surface area contributed by atoms with Crippen molar-refractivity contribution < 1.29 is 0 Å². The van der Waals surface area contributed by atoms with Crippen molar-refractivity contribution in [1.82, 2.24) is 4.98 Å². The number of fused-ring (bicyclic) bond motifs is 1. The minimum Gasteiger partial charge on any atom is -0.378 e. The Morgan fingerprint density at radius 3 is 2.38 bits per heavy atom. The van der Waals surface area contributed by atoms with Crippen molar-refractivity contribution in [2.45, 2.75) is 6.04 Å². The molecular formula is C18H19N3. The second-order valence-corrected chi connectivity index (χ2v) is 5.39. The van der Waals surface area contributed by atoms with Crippen LogP contribution in [-0.2, 0) is 0 Å². The molecule has 0 amide bonds. The molecule has 1 unspecified atom stereocenters. The summed E-state index contributed by atoms with van der Waals surface area (Å²) < 4.78 is 0. The zero-order valence-electron chi connectivity index (χ0n) is 12.3. The number of rotatable bonds is 3. The highest BCUT2D eigenvalue weighted by molar-refractivity contribution is 5.82. The third-order valence-corrected chi connectivity index (χ3v) is 3.77. The van der Waals surface area contributed by atoms with Gasteiger partial charge in [-0.1, -0.05) is 36.4 Å². The molecule has 3 nitrogen and oxygen atoms in total. The van der Waals surface area contributed by atoms with E-state index < -0.39 is 0 Å². The van der Waals surface area contributed by atoms with E-state index in [1.54, 1.807) is 0 Å². The van der Waals surface area contributed by atoms with E-state index in [1.165, 1.54) is 5.69 Å². The van der Waals surface area contributed by atoms with Crippen LogP contribution in [0, 0.1) is 0 Å². The van der Waals surface area contributed by atoms with Gasteiger partial charge in [0.1, 0.15) is 0 Å². The number of pyridine rings is 1. The molecule has 0 radical (unpaired) electrons. The molecule has 3 rings (SSSR count). The molecule has 0 fully saturated rings. The van der Waals surface area contributed by atoms with E-state index in [4.69, 9.17) is 5.73 Å². The van der Waals surface area contributed by atoms with E-state index in [0.717, 1.165) is 22.0 Å². The third kappa shape index (κ3) is 2.60. The van der Waals surface area contributed by atoms with E-state index in [1.807, 2.05) is 32.4 Å². The first-order valence-electron chi connectivity index (χ1n) is 7.03. The van der Waals surface area contributed by atoms with Crippen molar-refractivity contribution in [3.63, 3.8) is 0 Å². The summed E-state index contributed by atoms with van der Waals surface area (Å²) in [4.78, 5) is 6.56. The van der Waals surface area contributed by atoms with Gasteiger partial charge in [0.05, 0.1) is 11.6 Å². The van der Waals surface area contributed by atoms with Gasteiger partial charge in [0.15, 0.2) is 0 Å². The molecule has 0 saturated heterocycles. The van der Waals surface area contributed by atoms with Crippen molar-refractivity contribution in [2.24, 2.45) is 5.73 Å². The molecule has 0 aliphatic heterocycles. The van der Waals surface area contributed by atoms with Crippen LogP contribution in [-0.4, -0.2) is 19.1 Å². The number of para-hydroxylation sites is 1. The lowest BCUT2D eigenvalue weighted by Gasteiger charge is -2.17. The Morgan fingerprint density at radius 2 is 1.67 bits per heavy atom. The predicted octanol–water partition coefficient (Wildman–Crippen LogP) is 3.35. The Kier molecular flexibility index (Phi) is 3.59. The van der Waals surface area contributed by atoms with Crippen LogP contribution in [0.4, 0.5) is 5.69 Å². The standard InChI is InChI=1S/C18H19N3/c1-21(2)15-10-8-13(9-11-15)17(19)16-7-3-5-14-6-4-12-20-18(14)16/h3-12,17H,19H2,1-2H3. The zero-order chi connectivity index (χ0) is 14.8. The van der Waals surface area contributed by atoms with Gasteiger partial charge in [-0.05, 0) is 29.3 Å². The quantitative estimate of drug-likeness (QED) is 0.798. The van der Waals surface area contributed by atoms with Gasteiger partial charge in [-0.3, -0.25) is 4.98 Å². The molecule has 1 aromatic heterocycles. The van der Waals surface area contributed by atoms with Gasteiger partial charge < -0.3 is 10.6 Å². The highest BCUT2D eigenvalue weighted by Gasteiger charge is 2.13. The Morgan fingerprint density at radius 1 is 0.952 bits per heavy atom. The molecule has 3 aromatic rings. The van der Waals surface area contributed by atoms with Crippen LogP contribution >= 0.6 is 0 Å². The number of hydrogen-bond acceptors (Lipinski definition) is 3. The monoisotopic (exact) mass is 277 g/mol. The summed E-state index contributed by atoms with van der Waals surface area (Å²) in [5, 5.41) is 1.12. The van der Waals surface area contributed by atoms with Crippen LogP contribution < -0.4 is 10.6 Å². The second kappa shape index (κ2) is 5.54. The van der Waals surface area contributed by atoms with Crippen LogP contribution in [0.1, 0.15) is 17.2 Å². The molecule has 0 aliphatic rings. The minimum absolute atomic E-state index is 0.167. The second-order valence-electron chi connectivity index (χ2n) is 5.39. The van der Waals surface area contributed by atoms with Crippen molar-refractivity contribution in [3.8, 4) is 0 Å². The molecule has 0 bridgehead atoms. The molecule has 0 spiro atoms. The summed E-state index contributed by atoms with van der Waals surface area (Å²) in [5.74, 6) is 0. The van der Waals surface area contributed by atoms with Crippen molar-refractivity contribution in [3.05, 3.63) is 71.9 Å². The number of nitrogens with two attached hydrogens (primary N) is 1. The summed E-state index contributed by atoms with van der Waals surface area (Å²) in [7, 11) is 4.06. The van der Waals surface area contributed by atoms with Crippen LogP contribution in [0.25, 0.3) is 10.9 Å². The molecule has 3 heteroatoms. The Balaban J connectivity index is 2.02. The average molecular weight is 277 g/mol. The molecule has 1 atom stereocenters. The number of hydrogen-bond donors (Lipinski definition) is 1. The van der Waals surface area contributed by atoms with Gasteiger partial charge in [0.25, 0.3) is 0 Å². The van der Waals surface area contributed by atoms with Crippen LogP contribution in [0.15, 0.2) is 60.8 Å². The maximum atomic E-state index is 6.45. The van der Waals surface area contributed by atoms with Crippen LogP contribution in [0.2, 0.25) is 0 Å². The van der Waals surface area contributed by atoms with Crippen molar-refractivity contribution in [2.75, 3.05) is 19.0 Å².